The van der Waals surface area contributed by atoms with Crippen molar-refractivity contribution in [3.8, 4) is 0 Å². The molecule has 0 fully saturated rings. The van der Waals surface area contributed by atoms with Crippen LogP contribution in [0.4, 0.5) is 0 Å². The zero-order valence-corrected chi connectivity index (χ0v) is 17.7. The molecule has 1 rings (SSSR count). The monoisotopic (exact) mass is 437 g/mol. The third-order valence-corrected chi connectivity index (χ3v) is 4.21. The highest BCUT2D eigenvalue weighted by atomic mass is 127. The van der Waals surface area contributed by atoms with Crippen LogP contribution >= 0.6 is 24.0 Å². The van der Waals surface area contributed by atoms with E-state index in [-0.39, 0.29) is 24.0 Å². The number of ether oxygens (including phenoxy) is 1. The van der Waals surface area contributed by atoms with E-state index in [1.165, 1.54) is 31.3 Å². The van der Waals surface area contributed by atoms with Gasteiger partial charge in [0.05, 0.1) is 13.2 Å². The summed E-state index contributed by atoms with van der Waals surface area (Å²) in [6.45, 7) is 10.4. The molecule has 5 heteroatoms. The van der Waals surface area contributed by atoms with E-state index in [0.29, 0.717) is 5.41 Å². The maximum Gasteiger partial charge on any atom is 0.191 e. The number of halogens is 1. The molecule has 0 aromatic carbocycles. The van der Waals surface area contributed by atoms with Crippen LogP contribution in [0.15, 0.2) is 16.6 Å². The number of unbranched alkanes of at least 4 members (excludes halogenated alkanes) is 2. The minimum absolute atomic E-state index is 0. The summed E-state index contributed by atoms with van der Waals surface area (Å²) in [5, 5.41) is 6.88. The molecule has 23 heavy (non-hydrogen) atoms. The first-order valence-corrected chi connectivity index (χ1v) is 8.77. The second-order valence-corrected chi connectivity index (χ2v) is 6.91. The Bertz CT molecular complexity index is 367. The zero-order chi connectivity index (χ0) is 16.3. The molecule has 0 aliphatic carbocycles. The molecule has 0 aromatic rings. The number of hydrogen-bond donors (Lipinski definition) is 2. The lowest BCUT2D eigenvalue weighted by Gasteiger charge is -2.26. The van der Waals surface area contributed by atoms with Gasteiger partial charge < -0.3 is 15.4 Å². The van der Waals surface area contributed by atoms with Crippen molar-refractivity contribution < 1.29 is 4.74 Å². The lowest BCUT2D eigenvalue weighted by molar-refractivity contribution is 0.153. The fraction of sp³-hybridized carbons (Fsp3) is 0.833. The Labute approximate surface area is 160 Å². The Morgan fingerprint density at radius 1 is 1.30 bits per heavy atom. The highest BCUT2D eigenvalue weighted by molar-refractivity contribution is 14.0. The first-order valence-electron chi connectivity index (χ1n) is 8.77. The van der Waals surface area contributed by atoms with Gasteiger partial charge in [0.2, 0.25) is 0 Å². The topological polar surface area (TPSA) is 45.7 Å². The fourth-order valence-corrected chi connectivity index (χ4v) is 2.62. The summed E-state index contributed by atoms with van der Waals surface area (Å²) in [5.74, 6) is 0.913. The standard InChI is InChI=1S/C18H35N3O.HI/c1-5-6-7-11-18(2,3)15-21-17(19-4)20-12-8-16-9-13-22-14-10-16;/h9H,5-8,10-15H2,1-4H3,(H2,19,20,21);1H. The van der Waals surface area contributed by atoms with Gasteiger partial charge in [0.25, 0.3) is 0 Å². The third-order valence-electron chi connectivity index (χ3n) is 4.21. The van der Waals surface area contributed by atoms with E-state index >= 15 is 0 Å². The number of nitrogens with zero attached hydrogens (tertiary/aromatic N) is 1. The van der Waals surface area contributed by atoms with Gasteiger partial charge in [-0.25, -0.2) is 0 Å². The molecule has 0 amide bonds. The van der Waals surface area contributed by atoms with Crippen LogP contribution in [-0.4, -0.2) is 39.3 Å². The van der Waals surface area contributed by atoms with Crippen molar-refractivity contribution in [3.63, 3.8) is 0 Å². The van der Waals surface area contributed by atoms with Gasteiger partial charge in [0.15, 0.2) is 5.96 Å². The predicted molar refractivity (Wildman–Crippen MR) is 111 cm³/mol. The van der Waals surface area contributed by atoms with Crippen molar-refractivity contribution in [3.05, 3.63) is 11.6 Å². The van der Waals surface area contributed by atoms with Crippen molar-refractivity contribution >= 4 is 29.9 Å². The maximum atomic E-state index is 5.33. The van der Waals surface area contributed by atoms with Gasteiger partial charge in [-0.05, 0) is 24.7 Å². The van der Waals surface area contributed by atoms with Gasteiger partial charge in [0.1, 0.15) is 0 Å². The van der Waals surface area contributed by atoms with E-state index in [0.717, 1.165) is 45.1 Å². The maximum absolute atomic E-state index is 5.33. The lowest BCUT2D eigenvalue weighted by atomic mass is 9.87. The predicted octanol–water partition coefficient (Wildman–Crippen LogP) is 4.11. The number of rotatable bonds is 9. The van der Waals surface area contributed by atoms with Gasteiger partial charge in [-0.15, -0.1) is 24.0 Å². The first kappa shape index (κ1) is 22.7. The van der Waals surface area contributed by atoms with Crippen LogP contribution < -0.4 is 10.6 Å². The van der Waals surface area contributed by atoms with Crippen LogP contribution in [-0.2, 0) is 4.74 Å². The molecule has 0 saturated heterocycles. The average Bonchev–Trinajstić information content (AvgIpc) is 2.52. The molecule has 0 spiro atoms. The van der Waals surface area contributed by atoms with Crippen molar-refractivity contribution in [1.29, 1.82) is 0 Å². The Balaban J connectivity index is 0.00000484. The molecule has 0 unspecified atom stereocenters. The van der Waals surface area contributed by atoms with Crippen LogP contribution in [0, 0.1) is 5.41 Å². The van der Waals surface area contributed by atoms with Crippen molar-refractivity contribution in [2.75, 3.05) is 33.4 Å². The van der Waals surface area contributed by atoms with Gasteiger partial charge in [0, 0.05) is 20.1 Å². The molecule has 1 aliphatic heterocycles. The second-order valence-electron chi connectivity index (χ2n) is 6.91. The van der Waals surface area contributed by atoms with E-state index < -0.39 is 0 Å². The van der Waals surface area contributed by atoms with Gasteiger partial charge in [-0.3, -0.25) is 4.99 Å². The summed E-state index contributed by atoms with van der Waals surface area (Å²) in [6, 6.07) is 0. The van der Waals surface area contributed by atoms with Crippen LogP contribution in [0.3, 0.4) is 0 Å². The largest absolute Gasteiger partial charge is 0.377 e. The SMILES string of the molecule is CCCCCC(C)(C)CNC(=NC)NCCC1=CCOCC1.I. The van der Waals surface area contributed by atoms with Crippen LogP contribution in [0.2, 0.25) is 0 Å². The Kier molecular flexibility index (Phi) is 12.9. The number of hydrogen-bond acceptors (Lipinski definition) is 2. The Morgan fingerprint density at radius 3 is 2.70 bits per heavy atom. The molecule has 0 radical (unpaired) electrons. The molecule has 0 saturated carbocycles. The summed E-state index contributed by atoms with van der Waals surface area (Å²) in [7, 11) is 1.84. The smallest absolute Gasteiger partial charge is 0.191 e. The zero-order valence-electron chi connectivity index (χ0n) is 15.4. The van der Waals surface area contributed by atoms with Gasteiger partial charge in [-0.1, -0.05) is 51.7 Å². The Hall–Kier alpha value is -0.300. The highest BCUT2D eigenvalue weighted by Crippen LogP contribution is 2.22. The quantitative estimate of drug-likeness (QED) is 0.188. The molecule has 1 heterocycles. The third kappa shape index (κ3) is 11.0. The van der Waals surface area contributed by atoms with E-state index in [1.54, 1.807) is 0 Å². The minimum Gasteiger partial charge on any atom is -0.377 e. The van der Waals surface area contributed by atoms with Crippen LogP contribution in [0.25, 0.3) is 0 Å². The Morgan fingerprint density at radius 2 is 2.09 bits per heavy atom. The second kappa shape index (κ2) is 13.0. The van der Waals surface area contributed by atoms with Crippen LogP contribution in [0.5, 0.6) is 0 Å². The van der Waals surface area contributed by atoms with Gasteiger partial charge in [-0.2, -0.15) is 0 Å². The van der Waals surface area contributed by atoms with Crippen molar-refractivity contribution in [1.82, 2.24) is 10.6 Å². The van der Waals surface area contributed by atoms with E-state index in [4.69, 9.17) is 4.74 Å². The molecule has 4 nitrogen and oxygen atoms in total. The number of guanidine groups is 1. The molecule has 136 valence electrons. The summed E-state index contributed by atoms with van der Waals surface area (Å²) in [4.78, 5) is 4.32. The normalized spacial score (nSPS) is 15.7. The molecule has 1 aliphatic rings. The van der Waals surface area contributed by atoms with E-state index in [1.807, 2.05) is 7.05 Å². The van der Waals surface area contributed by atoms with Crippen molar-refractivity contribution in [2.45, 2.75) is 59.3 Å². The van der Waals surface area contributed by atoms with Crippen LogP contribution in [0.1, 0.15) is 59.3 Å². The molecule has 0 aromatic heterocycles. The summed E-state index contributed by atoms with van der Waals surface area (Å²) in [6.07, 6.45) is 9.54. The minimum atomic E-state index is 0. The summed E-state index contributed by atoms with van der Waals surface area (Å²) >= 11 is 0. The number of nitrogens with one attached hydrogen (secondary N) is 2. The molecule has 0 atom stereocenters. The van der Waals surface area contributed by atoms with E-state index in [9.17, 15) is 0 Å². The highest BCUT2D eigenvalue weighted by Gasteiger charge is 2.17. The molecule has 2 N–H and O–H groups in total. The molecule has 0 bridgehead atoms. The first-order chi connectivity index (χ1) is 10.6. The molecular weight excluding hydrogens is 401 g/mol. The lowest BCUT2D eigenvalue weighted by Crippen LogP contribution is -2.42. The summed E-state index contributed by atoms with van der Waals surface area (Å²) < 4.78 is 5.33. The van der Waals surface area contributed by atoms with Gasteiger partial charge >= 0.3 is 0 Å². The summed E-state index contributed by atoms with van der Waals surface area (Å²) in [5.41, 5.74) is 1.81. The van der Waals surface area contributed by atoms with E-state index in [2.05, 4.69) is 42.5 Å². The van der Waals surface area contributed by atoms with Crippen molar-refractivity contribution in [2.24, 2.45) is 10.4 Å². The average molecular weight is 437 g/mol. The number of aliphatic imine (C=N–C) groups is 1. The fourth-order valence-electron chi connectivity index (χ4n) is 2.62. The molecular formula is C18H36IN3O.